The average Bonchev–Trinajstić information content (AvgIpc) is 2.18. The lowest BCUT2D eigenvalue weighted by Gasteiger charge is -2.43. The molecule has 1 rings (SSSR count). The molecule has 0 aromatic heterocycles. The molecule has 0 bridgehead atoms. The number of hydrogen-bond acceptors (Lipinski definition) is 3. The van der Waals surface area contributed by atoms with E-state index in [0.717, 1.165) is 32.5 Å². The van der Waals surface area contributed by atoms with E-state index in [4.69, 9.17) is 5.73 Å². The highest BCUT2D eigenvalue weighted by molar-refractivity contribution is 5.66. The van der Waals surface area contributed by atoms with Crippen LogP contribution in [-0.2, 0) is 0 Å². The topological polar surface area (TPSA) is 69.8 Å². The van der Waals surface area contributed by atoms with Crippen molar-refractivity contribution in [3.63, 3.8) is 0 Å². The van der Waals surface area contributed by atoms with Crippen LogP contribution in [0.5, 0.6) is 0 Å². The Labute approximate surface area is 104 Å². The smallest absolute Gasteiger partial charge is 0.407 e. The SMILES string of the molecule is CC(C)(C)N(C(=O)O)C1CCN(CCN)CC1. The van der Waals surface area contributed by atoms with E-state index >= 15 is 0 Å². The molecule has 3 N–H and O–H groups in total. The fraction of sp³-hybridized carbons (Fsp3) is 0.917. The van der Waals surface area contributed by atoms with Crippen LogP contribution in [0, 0.1) is 0 Å². The molecule has 5 nitrogen and oxygen atoms in total. The Morgan fingerprint density at radius 2 is 1.94 bits per heavy atom. The summed E-state index contributed by atoms with van der Waals surface area (Å²) in [5, 5.41) is 9.32. The third-order valence-electron chi connectivity index (χ3n) is 3.30. The Hall–Kier alpha value is -0.810. The quantitative estimate of drug-likeness (QED) is 0.781. The van der Waals surface area contributed by atoms with E-state index in [1.165, 1.54) is 0 Å². The number of piperidine rings is 1. The molecule has 17 heavy (non-hydrogen) atoms. The second-order valence-corrected chi connectivity index (χ2v) is 5.68. The third-order valence-corrected chi connectivity index (χ3v) is 3.30. The summed E-state index contributed by atoms with van der Waals surface area (Å²) in [4.78, 5) is 15.3. The van der Waals surface area contributed by atoms with E-state index < -0.39 is 6.09 Å². The number of amides is 1. The molecular formula is C12H25N3O2. The van der Waals surface area contributed by atoms with E-state index in [-0.39, 0.29) is 11.6 Å². The van der Waals surface area contributed by atoms with Crippen molar-refractivity contribution in [3.8, 4) is 0 Å². The molecule has 0 aromatic rings. The Morgan fingerprint density at radius 3 is 2.29 bits per heavy atom. The van der Waals surface area contributed by atoms with Crippen molar-refractivity contribution in [2.75, 3.05) is 26.2 Å². The summed E-state index contributed by atoms with van der Waals surface area (Å²) >= 11 is 0. The Balaban J connectivity index is 2.59. The van der Waals surface area contributed by atoms with Gasteiger partial charge in [0, 0.05) is 37.8 Å². The molecule has 0 saturated carbocycles. The highest BCUT2D eigenvalue weighted by atomic mass is 16.4. The fourth-order valence-electron chi connectivity index (χ4n) is 2.57. The molecule has 1 heterocycles. The van der Waals surface area contributed by atoms with Gasteiger partial charge < -0.3 is 20.6 Å². The van der Waals surface area contributed by atoms with Crippen molar-refractivity contribution in [1.82, 2.24) is 9.80 Å². The zero-order valence-electron chi connectivity index (χ0n) is 11.1. The van der Waals surface area contributed by atoms with Crippen molar-refractivity contribution < 1.29 is 9.90 Å². The van der Waals surface area contributed by atoms with E-state index in [1.54, 1.807) is 4.90 Å². The van der Waals surface area contributed by atoms with Gasteiger partial charge in [-0.2, -0.15) is 0 Å². The lowest BCUT2D eigenvalue weighted by Crippen LogP contribution is -2.54. The molecule has 1 amide bonds. The molecule has 5 heteroatoms. The minimum absolute atomic E-state index is 0.140. The van der Waals surface area contributed by atoms with Gasteiger partial charge in [-0.05, 0) is 33.6 Å². The summed E-state index contributed by atoms with van der Waals surface area (Å²) in [6, 6.07) is 0.140. The van der Waals surface area contributed by atoms with Gasteiger partial charge in [0.2, 0.25) is 0 Å². The maximum absolute atomic E-state index is 11.3. The number of carboxylic acid groups (broad SMARTS) is 1. The molecule has 1 saturated heterocycles. The summed E-state index contributed by atoms with van der Waals surface area (Å²) in [5.74, 6) is 0. The van der Waals surface area contributed by atoms with Crippen LogP contribution in [0.1, 0.15) is 33.6 Å². The van der Waals surface area contributed by atoms with Gasteiger partial charge in [0.15, 0.2) is 0 Å². The van der Waals surface area contributed by atoms with Crippen molar-refractivity contribution in [2.45, 2.75) is 45.2 Å². The highest BCUT2D eigenvalue weighted by Gasteiger charge is 2.34. The normalized spacial score (nSPS) is 19.3. The zero-order valence-corrected chi connectivity index (χ0v) is 11.1. The van der Waals surface area contributed by atoms with Gasteiger partial charge in [-0.25, -0.2) is 4.79 Å². The maximum atomic E-state index is 11.3. The molecule has 0 unspecified atom stereocenters. The molecule has 0 atom stereocenters. The lowest BCUT2D eigenvalue weighted by atomic mass is 9.97. The number of nitrogens with two attached hydrogens (primary N) is 1. The molecule has 1 fully saturated rings. The van der Waals surface area contributed by atoms with E-state index in [1.807, 2.05) is 20.8 Å². The molecule has 0 spiro atoms. The van der Waals surface area contributed by atoms with Crippen LogP contribution in [0.2, 0.25) is 0 Å². The Morgan fingerprint density at radius 1 is 1.41 bits per heavy atom. The van der Waals surface area contributed by atoms with Crippen LogP contribution in [0.3, 0.4) is 0 Å². The van der Waals surface area contributed by atoms with Gasteiger partial charge in [-0.1, -0.05) is 0 Å². The highest BCUT2D eigenvalue weighted by Crippen LogP contribution is 2.24. The number of likely N-dealkylation sites (tertiary alicyclic amines) is 1. The summed E-state index contributed by atoms with van der Waals surface area (Å²) in [5.41, 5.74) is 5.20. The van der Waals surface area contributed by atoms with Crippen LogP contribution in [-0.4, -0.2) is 58.8 Å². The molecule has 100 valence electrons. The predicted molar refractivity (Wildman–Crippen MR) is 68.1 cm³/mol. The summed E-state index contributed by atoms with van der Waals surface area (Å²) < 4.78 is 0. The van der Waals surface area contributed by atoms with Crippen LogP contribution < -0.4 is 5.73 Å². The summed E-state index contributed by atoms with van der Waals surface area (Å²) in [7, 11) is 0. The minimum Gasteiger partial charge on any atom is -0.465 e. The van der Waals surface area contributed by atoms with E-state index in [0.29, 0.717) is 6.54 Å². The Bertz CT molecular complexity index is 255. The first-order chi connectivity index (χ1) is 7.86. The molecule has 0 aliphatic carbocycles. The van der Waals surface area contributed by atoms with Crippen molar-refractivity contribution in [1.29, 1.82) is 0 Å². The van der Waals surface area contributed by atoms with E-state index in [9.17, 15) is 9.90 Å². The Kier molecular flexibility index (Phi) is 4.77. The number of hydrogen-bond donors (Lipinski definition) is 2. The average molecular weight is 243 g/mol. The van der Waals surface area contributed by atoms with Crippen LogP contribution in [0.4, 0.5) is 4.79 Å². The van der Waals surface area contributed by atoms with E-state index in [2.05, 4.69) is 4.90 Å². The van der Waals surface area contributed by atoms with Gasteiger partial charge in [0.25, 0.3) is 0 Å². The second kappa shape index (κ2) is 5.69. The van der Waals surface area contributed by atoms with Gasteiger partial charge in [-0.3, -0.25) is 0 Å². The van der Waals surface area contributed by atoms with Crippen molar-refractivity contribution in [3.05, 3.63) is 0 Å². The first-order valence-electron chi connectivity index (χ1n) is 6.31. The summed E-state index contributed by atoms with van der Waals surface area (Å²) in [6.07, 6.45) is 1.00. The minimum atomic E-state index is -0.810. The molecule has 1 aliphatic heterocycles. The maximum Gasteiger partial charge on any atom is 0.407 e. The lowest BCUT2D eigenvalue weighted by molar-refractivity contribution is 0.0427. The second-order valence-electron chi connectivity index (χ2n) is 5.68. The van der Waals surface area contributed by atoms with Crippen LogP contribution >= 0.6 is 0 Å². The van der Waals surface area contributed by atoms with Gasteiger partial charge in [-0.15, -0.1) is 0 Å². The standard InChI is InChI=1S/C12H25N3O2/c1-12(2,3)15(11(16)17)10-4-7-14(8-5-10)9-6-13/h10H,4-9,13H2,1-3H3,(H,16,17). The monoisotopic (exact) mass is 243 g/mol. The first kappa shape index (κ1) is 14.3. The zero-order chi connectivity index (χ0) is 13.1. The molecule has 0 aromatic carbocycles. The number of carbonyl (C=O) groups is 1. The van der Waals surface area contributed by atoms with Gasteiger partial charge >= 0.3 is 6.09 Å². The van der Waals surface area contributed by atoms with Crippen molar-refractivity contribution in [2.24, 2.45) is 5.73 Å². The van der Waals surface area contributed by atoms with Gasteiger partial charge in [0.1, 0.15) is 0 Å². The first-order valence-corrected chi connectivity index (χ1v) is 6.31. The molecular weight excluding hydrogens is 218 g/mol. The van der Waals surface area contributed by atoms with Crippen molar-refractivity contribution >= 4 is 6.09 Å². The van der Waals surface area contributed by atoms with Crippen LogP contribution in [0.25, 0.3) is 0 Å². The molecule has 1 aliphatic rings. The van der Waals surface area contributed by atoms with Crippen LogP contribution in [0.15, 0.2) is 0 Å². The molecule has 0 radical (unpaired) electrons. The number of rotatable bonds is 3. The summed E-state index contributed by atoms with van der Waals surface area (Å²) in [6.45, 7) is 9.33. The third kappa shape index (κ3) is 3.85. The fourth-order valence-corrected chi connectivity index (χ4v) is 2.57. The number of nitrogens with zero attached hydrogens (tertiary/aromatic N) is 2. The largest absolute Gasteiger partial charge is 0.465 e. The van der Waals surface area contributed by atoms with Gasteiger partial charge in [0.05, 0.1) is 0 Å². The predicted octanol–water partition coefficient (Wildman–Crippen LogP) is 1.19.